The highest BCUT2D eigenvalue weighted by Crippen LogP contribution is 2.33. The lowest BCUT2D eigenvalue weighted by Crippen LogP contribution is -2.29. The molecule has 1 fully saturated rings. The molecule has 0 spiro atoms. The molecule has 2 aliphatic rings. The molecule has 1 aromatic carbocycles. The molecule has 5 rings (SSSR count). The van der Waals surface area contributed by atoms with Gasteiger partial charge in [-0.3, -0.25) is 4.79 Å². The maximum Gasteiger partial charge on any atom is 0.280 e. The van der Waals surface area contributed by atoms with Crippen LogP contribution in [0, 0.1) is 6.92 Å². The summed E-state index contributed by atoms with van der Waals surface area (Å²) in [4.78, 5) is 18.8. The maximum atomic E-state index is 12.8. The number of rotatable bonds is 3. The Hall–Kier alpha value is -3.43. The zero-order valence-electron chi connectivity index (χ0n) is 14.5. The van der Waals surface area contributed by atoms with Gasteiger partial charge in [-0.1, -0.05) is 10.4 Å². The molecule has 3 aromatic rings. The fourth-order valence-corrected chi connectivity index (χ4v) is 3.31. The van der Waals surface area contributed by atoms with Gasteiger partial charge in [0.15, 0.2) is 23.0 Å². The van der Waals surface area contributed by atoms with Crippen molar-refractivity contribution in [3.63, 3.8) is 0 Å². The fraction of sp³-hybridized carbons (Fsp3) is 0.353. The number of benzene rings is 1. The van der Waals surface area contributed by atoms with Gasteiger partial charge in [-0.15, -0.1) is 5.10 Å². The summed E-state index contributed by atoms with van der Waals surface area (Å²) >= 11 is 0. The molecule has 10 heteroatoms. The van der Waals surface area contributed by atoms with Crippen molar-refractivity contribution in [1.82, 2.24) is 30.0 Å². The van der Waals surface area contributed by atoms with E-state index in [4.69, 9.17) is 14.0 Å². The number of hydrogen-bond donors (Lipinski definition) is 0. The average Bonchev–Trinajstić information content (AvgIpc) is 3.45. The van der Waals surface area contributed by atoms with Crippen LogP contribution in [0.15, 0.2) is 28.9 Å². The van der Waals surface area contributed by atoms with Crippen LogP contribution >= 0.6 is 0 Å². The second-order valence-electron chi connectivity index (χ2n) is 6.49. The van der Waals surface area contributed by atoms with E-state index in [9.17, 15) is 4.79 Å². The van der Waals surface area contributed by atoms with Crippen LogP contribution in [-0.2, 0) is 0 Å². The highest BCUT2D eigenvalue weighted by atomic mass is 16.7. The first kappa shape index (κ1) is 15.8. The number of amides is 1. The highest BCUT2D eigenvalue weighted by Gasteiger charge is 2.30. The SMILES string of the molecule is Cc1noc(-c2cn(C3CCN(C(=O)c4ccc5c(c4)OCO5)C3)nn2)n1. The molecular formula is C17H16N6O4. The van der Waals surface area contributed by atoms with Crippen LogP contribution < -0.4 is 9.47 Å². The number of ether oxygens (including phenoxy) is 2. The van der Waals surface area contributed by atoms with Crippen molar-refractivity contribution < 1.29 is 18.8 Å². The summed E-state index contributed by atoms with van der Waals surface area (Å²) in [6.45, 7) is 3.13. The van der Waals surface area contributed by atoms with Gasteiger partial charge in [-0.2, -0.15) is 4.98 Å². The van der Waals surface area contributed by atoms with Crippen molar-refractivity contribution in [1.29, 1.82) is 0 Å². The number of carbonyl (C=O) groups excluding carboxylic acids is 1. The van der Waals surface area contributed by atoms with Gasteiger partial charge >= 0.3 is 0 Å². The van der Waals surface area contributed by atoms with Gasteiger partial charge in [-0.05, 0) is 31.5 Å². The molecule has 1 saturated heterocycles. The van der Waals surface area contributed by atoms with Crippen molar-refractivity contribution in [2.24, 2.45) is 0 Å². The quantitative estimate of drug-likeness (QED) is 0.683. The van der Waals surface area contributed by atoms with E-state index in [2.05, 4.69) is 20.5 Å². The van der Waals surface area contributed by atoms with Gasteiger partial charge in [-0.25, -0.2) is 4.68 Å². The molecule has 2 aromatic heterocycles. The maximum absolute atomic E-state index is 12.8. The minimum Gasteiger partial charge on any atom is -0.454 e. The van der Waals surface area contributed by atoms with Crippen LogP contribution in [-0.4, -0.2) is 55.8 Å². The third kappa shape index (κ3) is 2.78. The van der Waals surface area contributed by atoms with Gasteiger partial charge in [0.05, 0.1) is 12.2 Å². The molecule has 10 nitrogen and oxygen atoms in total. The summed E-state index contributed by atoms with van der Waals surface area (Å²) in [5, 5.41) is 12.0. The van der Waals surface area contributed by atoms with E-state index in [1.165, 1.54) is 0 Å². The summed E-state index contributed by atoms with van der Waals surface area (Å²) in [7, 11) is 0. The standard InChI is InChI=1S/C17H16N6O4/c1-10-18-16(27-20-10)13-8-23(21-19-13)12-4-5-22(7-12)17(24)11-2-3-14-15(6-11)26-9-25-14/h2-3,6,8,12H,4-5,7,9H2,1H3. The molecule has 1 amide bonds. The van der Waals surface area contributed by atoms with Gasteiger partial charge in [0.1, 0.15) is 0 Å². The number of hydrogen-bond acceptors (Lipinski definition) is 8. The van der Waals surface area contributed by atoms with Gasteiger partial charge in [0.25, 0.3) is 11.8 Å². The second kappa shape index (κ2) is 6.08. The van der Waals surface area contributed by atoms with E-state index in [-0.39, 0.29) is 18.7 Å². The Morgan fingerprint density at radius 1 is 1.26 bits per heavy atom. The van der Waals surface area contributed by atoms with Crippen LogP contribution in [0.1, 0.15) is 28.6 Å². The number of fused-ring (bicyclic) bond motifs is 1. The molecule has 4 heterocycles. The second-order valence-corrected chi connectivity index (χ2v) is 6.49. The summed E-state index contributed by atoms with van der Waals surface area (Å²) in [6, 6.07) is 5.30. The number of nitrogens with zero attached hydrogens (tertiary/aromatic N) is 6. The van der Waals surface area contributed by atoms with E-state index in [1.807, 2.05) is 0 Å². The Kier molecular flexibility index (Phi) is 3.56. The highest BCUT2D eigenvalue weighted by molar-refractivity contribution is 5.95. The Bertz CT molecular complexity index is 1010. The van der Waals surface area contributed by atoms with Crippen LogP contribution in [0.4, 0.5) is 0 Å². The van der Waals surface area contributed by atoms with Crippen molar-refractivity contribution >= 4 is 5.91 Å². The van der Waals surface area contributed by atoms with E-state index < -0.39 is 0 Å². The van der Waals surface area contributed by atoms with Crippen molar-refractivity contribution in [3.05, 3.63) is 35.8 Å². The third-order valence-corrected chi connectivity index (χ3v) is 4.70. The lowest BCUT2D eigenvalue weighted by atomic mass is 10.2. The van der Waals surface area contributed by atoms with Gasteiger partial charge in [0, 0.05) is 18.7 Å². The predicted octanol–water partition coefficient (Wildman–Crippen LogP) is 1.45. The van der Waals surface area contributed by atoms with E-state index in [0.29, 0.717) is 47.6 Å². The summed E-state index contributed by atoms with van der Waals surface area (Å²) in [5.41, 5.74) is 1.11. The molecule has 0 saturated carbocycles. The number of aryl methyl sites for hydroxylation is 1. The Morgan fingerprint density at radius 3 is 3.00 bits per heavy atom. The minimum atomic E-state index is -0.0383. The molecule has 1 unspecified atom stereocenters. The zero-order chi connectivity index (χ0) is 18.4. The average molecular weight is 368 g/mol. The monoisotopic (exact) mass is 368 g/mol. The minimum absolute atomic E-state index is 0.0383. The van der Waals surface area contributed by atoms with Gasteiger partial charge in [0.2, 0.25) is 6.79 Å². The summed E-state index contributed by atoms with van der Waals surface area (Å²) in [6.07, 6.45) is 2.56. The Morgan fingerprint density at radius 2 is 2.15 bits per heavy atom. The molecule has 27 heavy (non-hydrogen) atoms. The first-order valence-electron chi connectivity index (χ1n) is 8.59. The Balaban J connectivity index is 1.30. The third-order valence-electron chi connectivity index (χ3n) is 4.70. The van der Waals surface area contributed by atoms with Crippen LogP contribution in [0.25, 0.3) is 11.6 Å². The largest absolute Gasteiger partial charge is 0.454 e. The van der Waals surface area contributed by atoms with Crippen LogP contribution in [0.2, 0.25) is 0 Å². The topological polar surface area (TPSA) is 108 Å². The number of likely N-dealkylation sites (tertiary alicyclic amines) is 1. The molecular weight excluding hydrogens is 352 g/mol. The first-order chi connectivity index (χ1) is 13.2. The van der Waals surface area contributed by atoms with E-state index in [1.54, 1.807) is 40.9 Å². The first-order valence-corrected chi connectivity index (χ1v) is 8.59. The summed E-state index contributed by atoms with van der Waals surface area (Å²) in [5.74, 6) is 2.11. The lowest BCUT2D eigenvalue weighted by Gasteiger charge is -2.16. The van der Waals surface area contributed by atoms with E-state index in [0.717, 1.165) is 6.42 Å². The molecule has 2 aliphatic heterocycles. The molecule has 0 N–H and O–H groups in total. The molecule has 1 atom stereocenters. The number of carbonyl (C=O) groups is 1. The normalized spacial score (nSPS) is 18.3. The predicted molar refractivity (Wildman–Crippen MR) is 90.2 cm³/mol. The smallest absolute Gasteiger partial charge is 0.280 e. The fourth-order valence-electron chi connectivity index (χ4n) is 3.31. The van der Waals surface area contributed by atoms with E-state index >= 15 is 0 Å². The summed E-state index contributed by atoms with van der Waals surface area (Å²) < 4.78 is 17.5. The molecule has 0 bridgehead atoms. The number of aromatic nitrogens is 5. The van der Waals surface area contributed by atoms with Crippen molar-refractivity contribution in [2.45, 2.75) is 19.4 Å². The van der Waals surface area contributed by atoms with Crippen LogP contribution in [0.5, 0.6) is 11.5 Å². The molecule has 138 valence electrons. The van der Waals surface area contributed by atoms with Gasteiger partial charge < -0.3 is 18.9 Å². The van der Waals surface area contributed by atoms with Crippen molar-refractivity contribution in [3.8, 4) is 23.1 Å². The Labute approximate surface area is 153 Å². The lowest BCUT2D eigenvalue weighted by molar-refractivity contribution is 0.0786. The van der Waals surface area contributed by atoms with Crippen LogP contribution in [0.3, 0.4) is 0 Å². The molecule has 0 radical (unpaired) electrons. The zero-order valence-corrected chi connectivity index (χ0v) is 14.5. The van der Waals surface area contributed by atoms with Crippen molar-refractivity contribution in [2.75, 3.05) is 19.9 Å². The molecule has 0 aliphatic carbocycles.